The van der Waals surface area contributed by atoms with Crippen molar-refractivity contribution in [2.24, 2.45) is 0 Å². The minimum absolute atomic E-state index is 0.0204. The lowest BCUT2D eigenvalue weighted by molar-refractivity contribution is 0.0939. The van der Waals surface area contributed by atoms with Gasteiger partial charge in [0.2, 0.25) is 0 Å². The molecule has 1 fully saturated rings. The average molecular weight is 248 g/mol. The summed E-state index contributed by atoms with van der Waals surface area (Å²) in [6.45, 7) is 4.94. The molecule has 0 atom stereocenters. The molecule has 18 heavy (non-hydrogen) atoms. The number of carbonyl (C=O) groups is 1. The van der Waals surface area contributed by atoms with Crippen LogP contribution in [0.3, 0.4) is 0 Å². The topological polar surface area (TPSA) is 43.8 Å². The van der Waals surface area contributed by atoms with Crippen molar-refractivity contribution >= 4 is 5.78 Å². The Kier molecular flexibility index (Phi) is 4.33. The third-order valence-corrected chi connectivity index (χ3v) is 3.46. The number of ketones is 1. The monoisotopic (exact) mass is 248 g/mol. The number of hydrogen-bond donors (Lipinski definition) is 1. The Morgan fingerprint density at radius 2 is 1.89 bits per heavy atom. The summed E-state index contributed by atoms with van der Waals surface area (Å²) in [5.41, 5.74) is 0.437. The van der Waals surface area contributed by atoms with Gasteiger partial charge in [-0.25, -0.2) is 0 Å². The lowest BCUT2D eigenvalue weighted by atomic mass is 10.1. The van der Waals surface area contributed by atoms with Gasteiger partial charge in [-0.1, -0.05) is 12.1 Å². The Morgan fingerprint density at radius 1 is 1.22 bits per heavy atom. The number of para-hydroxylation sites is 1. The fourth-order valence-corrected chi connectivity index (χ4v) is 2.18. The van der Waals surface area contributed by atoms with Gasteiger partial charge in [0.15, 0.2) is 5.78 Å². The first kappa shape index (κ1) is 13.1. The van der Waals surface area contributed by atoms with Crippen LogP contribution in [0.25, 0.3) is 0 Å². The molecule has 4 heteroatoms. The zero-order chi connectivity index (χ0) is 13.0. The quantitative estimate of drug-likeness (QED) is 0.814. The van der Waals surface area contributed by atoms with Crippen LogP contribution in [-0.4, -0.2) is 60.5 Å². The number of piperazine rings is 1. The standard InChI is InChI=1S/C14H20N2O2/c1-15-8-10-16(11-9-15)7-6-14(18)12-4-2-3-5-13(12)17/h2-5,17H,6-11H2,1H3. The number of nitrogens with zero attached hydrogens (tertiary/aromatic N) is 2. The molecule has 1 aliphatic rings. The van der Waals surface area contributed by atoms with E-state index >= 15 is 0 Å². The molecule has 98 valence electrons. The maximum Gasteiger partial charge on any atom is 0.167 e. The SMILES string of the molecule is CN1CCN(CCC(=O)c2ccccc2O)CC1. The minimum atomic E-state index is 0.0204. The van der Waals surface area contributed by atoms with Gasteiger partial charge in [-0.05, 0) is 19.2 Å². The highest BCUT2D eigenvalue weighted by atomic mass is 16.3. The highest BCUT2D eigenvalue weighted by Gasteiger charge is 2.16. The summed E-state index contributed by atoms with van der Waals surface area (Å²) in [7, 11) is 2.12. The van der Waals surface area contributed by atoms with E-state index < -0.39 is 0 Å². The summed E-state index contributed by atoms with van der Waals surface area (Å²) in [6, 6.07) is 6.75. The Bertz CT molecular complexity index is 412. The van der Waals surface area contributed by atoms with Gasteiger partial charge in [-0.2, -0.15) is 0 Å². The lowest BCUT2D eigenvalue weighted by Crippen LogP contribution is -2.45. The zero-order valence-corrected chi connectivity index (χ0v) is 10.8. The third kappa shape index (κ3) is 3.31. The predicted octanol–water partition coefficient (Wildman–Crippen LogP) is 1.21. The fraction of sp³-hybridized carbons (Fsp3) is 0.500. The maximum absolute atomic E-state index is 12.0. The third-order valence-electron chi connectivity index (χ3n) is 3.46. The summed E-state index contributed by atoms with van der Waals surface area (Å²) in [5, 5.41) is 9.61. The van der Waals surface area contributed by atoms with Crippen molar-refractivity contribution in [1.29, 1.82) is 0 Å². The first-order valence-corrected chi connectivity index (χ1v) is 6.39. The molecular weight excluding hydrogens is 228 g/mol. The van der Waals surface area contributed by atoms with E-state index in [1.165, 1.54) is 0 Å². The van der Waals surface area contributed by atoms with Gasteiger partial charge in [-0.15, -0.1) is 0 Å². The number of carbonyl (C=O) groups excluding carboxylic acids is 1. The largest absolute Gasteiger partial charge is 0.507 e. The van der Waals surface area contributed by atoms with E-state index in [4.69, 9.17) is 0 Å². The normalized spacial score (nSPS) is 17.8. The summed E-state index contributed by atoms with van der Waals surface area (Å²) < 4.78 is 0. The van der Waals surface area contributed by atoms with E-state index in [1.807, 2.05) is 0 Å². The maximum atomic E-state index is 12.0. The van der Waals surface area contributed by atoms with Gasteiger partial charge in [0, 0.05) is 39.1 Å². The number of likely N-dealkylation sites (N-methyl/N-ethyl adjacent to an activating group) is 1. The molecule has 0 radical (unpaired) electrons. The molecule has 1 heterocycles. The highest BCUT2D eigenvalue weighted by Crippen LogP contribution is 2.17. The second-order valence-electron chi connectivity index (χ2n) is 4.84. The molecule has 1 aromatic rings. The number of rotatable bonds is 4. The molecule has 0 unspecified atom stereocenters. The molecule has 1 aromatic carbocycles. The van der Waals surface area contributed by atoms with Crippen molar-refractivity contribution < 1.29 is 9.90 Å². The zero-order valence-electron chi connectivity index (χ0n) is 10.8. The number of phenolic OH excluding ortho intramolecular Hbond substituents is 1. The van der Waals surface area contributed by atoms with Crippen LogP contribution in [0.15, 0.2) is 24.3 Å². The van der Waals surface area contributed by atoms with Gasteiger partial charge in [0.25, 0.3) is 0 Å². The van der Waals surface area contributed by atoms with E-state index in [-0.39, 0.29) is 11.5 Å². The summed E-state index contributed by atoms with van der Waals surface area (Å²) >= 11 is 0. The van der Waals surface area contributed by atoms with E-state index in [9.17, 15) is 9.90 Å². The van der Waals surface area contributed by atoms with Crippen LogP contribution in [0, 0.1) is 0 Å². The van der Waals surface area contributed by atoms with E-state index in [0.29, 0.717) is 12.0 Å². The summed E-state index contributed by atoms with van der Waals surface area (Å²) in [5.74, 6) is 0.105. The van der Waals surface area contributed by atoms with Crippen LogP contribution >= 0.6 is 0 Å². The van der Waals surface area contributed by atoms with Gasteiger partial charge >= 0.3 is 0 Å². The van der Waals surface area contributed by atoms with Crippen LogP contribution in [0.2, 0.25) is 0 Å². The van der Waals surface area contributed by atoms with Crippen molar-refractivity contribution in [3.05, 3.63) is 29.8 Å². The highest BCUT2D eigenvalue weighted by molar-refractivity contribution is 5.98. The van der Waals surface area contributed by atoms with Crippen LogP contribution in [0.5, 0.6) is 5.75 Å². The Labute approximate surface area is 108 Å². The second kappa shape index (κ2) is 5.98. The average Bonchev–Trinajstić information content (AvgIpc) is 2.38. The molecule has 1 N–H and O–H groups in total. The number of aromatic hydroxyl groups is 1. The number of hydrogen-bond acceptors (Lipinski definition) is 4. The molecule has 0 aromatic heterocycles. The lowest BCUT2D eigenvalue weighted by Gasteiger charge is -2.32. The van der Waals surface area contributed by atoms with Crippen LogP contribution in [0.1, 0.15) is 16.8 Å². The Hall–Kier alpha value is -1.39. The van der Waals surface area contributed by atoms with Crippen molar-refractivity contribution in [3.8, 4) is 5.75 Å². The second-order valence-corrected chi connectivity index (χ2v) is 4.84. The minimum Gasteiger partial charge on any atom is -0.507 e. The smallest absolute Gasteiger partial charge is 0.167 e. The van der Waals surface area contributed by atoms with Crippen molar-refractivity contribution in [2.45, 2.75) is 6.42 Å². The molecular formula is C14H20N2O2. The number of phenols is 1. The molecule has 2 rings (SSSR count). The van der Waals surface area contributed by atoms with Crippen molar-refractivity contribution in [1.82, 2.24) is 9.80 Å². The van der Waals surface area contributed by atoms with Crippen molar-refractivity contribution in [2.75, 3.05) is 39.8 Å². The van der Waals surface area contributed by atoms with Gasteiger partial charge in [0.05, 0.1) is 5.56 Å². The van der Waals surface area contributed by atoms with Gasteiger partial charge in [-0.3, -0.25) is 4.79 Å². The molecule has 1 aliphatic heterocycles. The molecule has 1 saturated heterocycles. The summed E-state index contributed by atoms with van der Waals surface area (Å²) in [6.07, 6.45) is 0.473. The first-order chi connectivity index (χ1) is 8.66. The summed E-state index contributed by atoms with van der Waals surface area (Å²) in [4.78, 5) is 16.6. The van der Waals surface area contributed by atoms with Crippen molar-refractivity contribution in [3.63, 3.8) is 0 Å². The number of benzene rings is 1. The molecule has 0 amide bonds. The molecule has 0 aliphatic carbocycles. The van der Waals surface area contributed by atoms with E-state index in [2.05, 4.69) is 16.8 Å². The van der Waals surface area contributed by atoms with Gasteiger partial charge in [0.1, 0.15) is 5.75 Å². The molecule has 0 saturated carbocycles. The van der Waals surface area contributed by atoms with Crippen LogP contribution in [-0.2, 0) is 0 Å². The fourth-order valence-electron chi connectivity index (χ4n) is 2.18. The predicted molar refractivity (Wildman–Crippen MR) is 71.0 cm³/mol. The van der Waals surface area contributed by atoms with Gasteiger partial charge < -0.3 is 14.9 Å². The first-order valence-electron chi connectivity index (χ1n) is 6.39. The molecule has 0 bridgehead atoms. The van der Waals surface area contributed by atoms with Crippen LogP contribution in [0.4, 0.5) is 0 Å². The van der Waals surface area contributed by atoms with E-state index in [0.717, 1.165) is 32.7 Å². The Balaban J connectivity index is 1.84. The number of Topliss-reactive ketones (excluding diaryl/α,β-unsaturated/α-hetero) is 1. The molecule has 0 spiro atoms. The van der Waals surface area contributed by atoms with E-state index in [1.54, 1.807) is 24.3 Å². The van der Waals surface area contributed by atoms with Crippen LogP contribution < -0.4 is 0 Å². The Morgan fingerprint density at radius 3 is 2.56 bits per heavy atom. The molecule has 4 nitrogen and oxygen atoms in total.